The molecular formula is C19H21F3N2O4. The first-order valence-corrected chi connectivity index (χ1v) is 9.19. The zero-order valence-corrected chi connectivity index (χ0v) is 15.2. The summed E-state index contributed by atoms with van der Waals surface area (Å²) in [6.07, 6.45) is -2.66. The van der Waals surface area contributed by atoms with Gasteiger partial charge in [0.05, 0.1) is 5.56 Å². The number of amides is 2. The molecule has 1 aromatic carbocycles. The van der Waals surface area contributed by atoms with Gasteiger partial charge in [0, 0.05) is 43.7 Å². The summed E-state index contributed by atoms with van der Waals surface area (Å²) in [6, 6.07) is 3.01. The van der Waals surface area contributed by atoms with Crippen molar-refractivity contribution in [3.8, 4) is 0 Å². The summed E-state index contributed by atoms with van der Waals surface area (Å²) in [4.78, 5) is 38.4. The highest BCUT2D eigenvalue weighted by Gasteiger charge is 2.34. The van der Waals surface area contributed by atoms with Crippen molar-refractivity contribution in [3.05, 3.63) is 29.3 Å². The molecular weight excluding hydrogens is 377 g/mol. The molecule has 0 aromatic heterocycles. The van der Waals surface area contributed by atoms with Crippen molar-refractivity contribution < 1.29 is 32.7 Å². The van der Waals surface area contributed by atoms with Gasteiger partial charge in [0.15, 0.2) is 0 Å². The minimum absolute atomic E-state index is 0.0692. The molecule has 28 heavy (non-hydrogen) atoms. The fourth-order valence-corrected chi connectivity index (χ4v) is 3.82. The topological polar surface area (TPSA) is 77.9 Å². The van der Waals surface area contributed by atoms with Crippen LogP contribution in [0.1, 0.15) is 48.0 Å². The Morgan fingerprint density at radius 2 is 1.89 bits per heavy atom. The van der Waals surface area contributed by atoms with Gasteiger partial charge in [-0.1, -0.05) is 0 Å². The fourth-order valence-electron chi connectivity index (χ4n) is 3.82. The number of anilines is 1. The van der Waals surface area contributed by atoms with Crippen molar-refractivity contribution >= 4 is 23.5 Å². The molecule has 1 aromatic rings. The molecule has 0 bridgehead atoms. The van der Waals surface area contributed by atoms with E-state index in [4.69, 9.17) is 5.11 Å². The highest BCUT2D eigenvalue weighted by molar-refractivity contribution is 5.99. The number of hydrogen-bond donors (Lipinski definition) is 1. The third kappa shape index (κ3) is 4.45. The van der Waals surface area contributed by atoms with E-state index in [0.717, 1.165) is 12.1 Å². The lowest BCUT2D eigenvalue weighted by atomic mass is 9.94. The number of benzene rings is 1. The average Bonchev–Trinajstić information content (AvgIpc) is 3.05. The monoisotopic (exact) mass is 398 g/mol. The van der Waals surface area contributed by atoms with E-state index in [9.17, 15) is 27.6 Å². The van der Waals surface area contributed by atoms with E-state index in [1.807, 2.05) is 0 Å². The largest absolute Gasteiger partial charge is 0.481 e. The normalized spacial score (nSPS) is 20.5. The Hall–Kier alpha value is -2.58. The van der Waals surface area contributed by atoms with Crippen LogP contribution in [-0.2, 0) is 15.8 Å². The minimum atomic E-state index is -4.65. The van der Waals surface area contributed by atoms with E-state index >= 15 is 0 Å². The van der Waals surface area contributed by atoms with Crippen molar-refractivity contribution in [1.82, 2.24) is 4.90 Å². The van der Waals surface area contributed by atoms with Gasteiger partial charge in [-0.15, -0.1) is 0 Å². The van der Waals surface area contributed by atoms with Crippen molar-refractivity contribution in [2.24, 2.45) is 5.92 Å². The van der Waals surface area contributed by atoms with Crippen LogP contribution in [0, 0.1) is 5.92 Å². The molecule has 0 saturated carbocycles. The van der Waals surface area contributed by atoms with Crippen LogP contribution < -0.4 is 4.90 Å². The molecule has 1 N–H and O–H groups in total. The zero-order valence-electron chi connectivity index (χ0n) is 15.2. The lowest BCUT2D eigenvalue weighted by Crippen LogP contribution is -2.40. The molecule has 0 aliphatic carbocycles. The van der Waals surface area contributed by atoms with E-state index in [2.05, 4.69) is 0 Å². The van der Waals surface area contributed by atoms with E-state index in [-0.39, 0.29) is 42.5 Å². The van der Waals surface area contributed by atoms with Crippen LogP contribution in [0.15, 0.2) is 18.2 Å². The fraction of sp³-hybridized carbons (Fsp3) is 0.526. The number of carboxylic acid groups (broad SMARTS) is 1. The first-order valence-electron chi connectivity index (χ1n) is 9.19. The molecule has 0 spiro atoms. The van der Waals surface area contributed by atoms with Crippen LogP contribution >= 0.6 is 0 Å². The number of alkyl halides is 3. The van der Waals surface area contributed by atoms with Crippen molar-refractivity contribution in [1.29, 1.82) is 0 Å². The Kier molecular flexibility index (Phi) is 5.62. The maximum atomic E-state index is 13.3. The van der Waals surface area contributed by atoms with Gasteiger partial charge < -0.3 is 14.9 Å². The van der Waals surface area contributed by atoms with Crippen LogP contribution in [0.25, 0.3) is 0 Å². The van der Waals surface area contributed by atoms with E-state index in [0.29, 0.717) is 32.4 Å². The molecule has 2 saturated heterocycles. The van der Waals surface area contributed by atoms with Gasteiger partial charge in [-0.2, -0.15) is 13.2 Å². The van der Waals surface area contributed by atoms with Crippen LogP contribution in [0.4, 0.5) is 18.9 Å². The van der Waals surface area contributed by atoms with Crippen LogP contribution in [0.3, 0.4) is 0 Å². The third-order valence-corrected chi connectivity index (χ3v) is 5.15. The second kappa shape index (κ2) is 7.81. The number of rotatable bonds is 4. The molecule has 2 fully saturated rings. The maximum Gasteiger partial charge on any atom is 0.416 e. The zero-order chi connectivity index (χ0) is 20.5. The Morgan fingerprint density at radius 3 is 2.50 bits per heavy atom. The quantitative estimate of drug-likeness (QED) is 0.845. The minimum Gasteiger partial charge on any atom is -0.481 e. The number of likely N-dealkylation sites (tertiary alicyclic amines) is 1. The Balaban J connectivity index is 1.90. The first-order chi connectivity index (χ1) is 13.1. The lowest BCUT2D eigenvalue weighted by Gasteiger charge is -2.32. The smallest absolute Gasteiger partial charge is 0.416 e. The van der Waals surface area contributed by atoms with E-state index in [1.54, 1.807) is 0 Å². The summed E-state index contributed by atoms with van der Waals surface area (Å²) in [5, 5.41) is 8.95. The Bertz CT molecular complexity index is 794. The molecule has 6 nitrogen and oxygen atoms in total. The number of carbonyl (C=O) groups is 3. The first kappa shape index (κ1) is 20.2. The van der Waals surface area contributed by atoms with Crippen molar-refractivity contribution in [3.63, 3.8) is 0 Å². The van der Waals surface area contributed by atoms with Gasteiger partial charge in [-0.25, -0.2) is 0 Å². The summed E-state index contributed by atoms with van der Waals surface area (Å²) in [5.41, 5.74) is -1.05. The molecule has 2 amide bonds. The van der Waals surface area contributed by atoms with Gasteiger partial charge in [0.1, 0.15) is 0 Å². The van der Waals surface area contributed by atoms with Crippen molar-refractivity contribution in [2.45, 2.75) is 38.3 Å². The predicted octanol–water partition coefficient (Wildman–Crippen LogP) is 3.16. The van der Waals surface area contributed by atoms with E-state index < -0.39 is 23.6 Å². The number of aliphatic carboxylic acids is 1. The molecule has 1 atom stereocenters. The van der Waals surface area contributed by atoms with Gasteiger partial charge in [-0.05, 0) is 43.4 Å². The molecule has 152 valence electrons. The summed E-state index contributed by atoms with van der Waals surface area (Å²) in [5.74, 6) is -2.03. The van der Waals surface area contributed by atoms with E-state index in [1.165, 1.54) is 15.9 Å². The third-order valence-electron chi connectivity index (χ3n) is 5.15. The van der Waals surface area contributed by atoms with Crippen LogP contribution in [0.5, 0.6) is 0 Å². The van der Waals surface area contributed by atoms with Crippen LogP contribution in [-0.4, -0.2) is 47.4 Å². The lowest BCUT2D eigenvalue weighted by molar-refractivity contribution is -0.139. The number of carboxylic acids is 1. The number of hydrogen-bond acceptors (Lipinski definition) is 3. The maximum absolute atomic E-state index is 13.3. The van der Waals surface area contributed by atoms with Gasteiger partial charge >= 0.3 is 12.1 Å². The second-order valence-electron chi connectivity index (χ2n) is 7.27. The van der Waals surface area contributed by atoms with Gasteiger partial charge in [-0.3, -0.25) is 14.4 Å². The number of piperidine rings is 1. The molecule has 2 aliphatic heterocycles. The second-order valence-corrected chi connectivity index (χ2v) is 7.27. The summed E-state index contributed by atoms with van der Waals surface area (Å²) in [7, 11) is 0. The van der Waals surface area contributed by atoms with Gasteiger partial charge in [0.2, 0.25) is 5.91 Å². The summed E-state index contributed by atoms with van der Waals surface area (Å²) >= 11 is 0. The molecule has 2 heterocycles. The van der Waals surface area contributed by atoms with Crippen LogP contribution in [0.2, 0.25) is 0 Å². The number of nitrogens with zero attached hydrogens (tertiary/aromatic N) is 2. The molecule has 9 heteroatoms. The molecule has 2 aliphatic rings. The Labute approximate surface area is 159 Å². The molecule has 3 rings (SSSR count). The number of carbonyl (C=O) groups excluding carboxylic acids is 2. The highest BCUT2D eigenvalue weighted by atomic mass is 19.4. The SMILES string of the molecule is O=C(O)CC1CCCN(C(=O)c2cc(N3CCCC3=O)cc(C(F)(F)F)c2)C1. The molecule has 0 radical (unpaired) electrons. The average molecular weight is 398 g/mol. The predicted molar refractivity (Wildman–Crippen MR) is 93.9 cm³/mol. The van der Waals surface area contributed by atoms with Crippen molar-refractivity contribution in [2.75, 3.05) is 24.5 Å². The van der Waals surface area contributed by atoms with Gasteiger partial charge in [0.25, 0.3) is 5.91 Å². The summed E-state index contributed by atoms with van der Waals surface area (Å²) < 4.78 is 40.0. The highest BCUT2D eigenvalue weighted by Crippen LogP contribution is 2.35. The molecule has 1 unspecified atom stereocenters. The standard InChI is InChI=1S/C19H21F3N2O4/c20-19(21,22)14-8-13(9-15(10-14)24-6-2-4-16(24)25)18(28)23-5-1-3-12(11-23)7-17(26)27/h8-10,12H,1-7,11H2,(H,26,27). The summed E-state index contributed by atoms with van der Waals surface area (Å²) in [6.45, 7) is 0.876. The Morgan fingerprint density at radius 1 is 1.14 bits per heavy atom. The number of halogens is 3.